The van der Waals surface area contributed by atoms with E-state index in [1.807, 2.05) is 24.3 Å². The third-order valence-electron chi connectivity index (χ3n) is 3.25. The average molecular weight is 252 g/mol. The molecular weight excluding hydrogens is 235 g/mol. The summed E-state index contributed by atoms with van der Waals surface area (Å²) in [5, 5.41) is 0. The predicted octanol–water partition coefficient (Wildman–Crippen LogP) is 2.20. The van der Waals surface area contributed by atoms with Crippen LogP contribution in [0.2, 0.25) is 0 Å². The number of methoxy groups -OCH3 is 1. The maximum atomic E-state index is 11.4. The molecule has 3 heteroatoms. The van der Waals surface area contributed by atoms with Crippen molar-refractivity contribution in [1.82, 2.24) is 0 Å². The lowest BCUT2D eigenvalue weighted by Gasteiger charge is -2.09. The SMILES string of the molecule is BCc1ccc(-c2ccccc2CC(=O)OC)cc1. The highest BCUT2D eigenvalue weighted by Crippen LogP contribution is 2.24. The van der Waals surface area contributed by atoms with Crippen LogP contribution in [0.5, 0.6) is 0 Å². The smallest absolute Gasteiger partial charge is 0.309 e. The van der Waals surface area contributed by atoms with Crippen molar-refractivity contribution in [3.8, 4) is 11.1 Å². The second kappa shape index (κ2) is 6.23. The van der Waals surface area contributed by atoms with Gasteiger partial charge in [-0.25, -0.2) is 0 Å². The van der Waals surface area contributed by atoms with E-state index in [9.17, 15) is 4.79 Å². The maximum Gasteiger partial charge on any atom is 0.309 e. The van der Waals surface area contributed by atoms with E-state index < -0.39 is 0 Å². The number of carbonyl (C=O) groups excluding carboxylic acids is 1. The highest BCUT2D eigenvalue weighted by Gasteiger charge is 2.09. The molecule has 0 saturated carbocycles. The van der Waals surface area contributed by atoms with Crippen molar-refractivity contribution >= 4 is 13.8 Å². The fourth-order valence-electron chi connectivity index (χ4n) is 2.10. The quantitative estimate of drug-likeness (QED) is 0.616. The predicted molar refractivity (Wildman–Crippen MR) is 79.8 cm³/mol. The Morgan fingerprint density at radius 3 is 2.42 bits per heavy atom. The Kier molecular flexibility index (Phi) is 4.40. The molecule has 0 aliphatic heterocycles. The van der Waals surface area contributed by atoms with Crippen LogP contribution in [0.15, 0.2) is 48.5 Å². The van der Waals surface area contributed by atoms with Crippen LogP contribution < -0.4 is 0 Å². The summed E-state index contributed by atoms with van der Waals surface area (Å²) in [6.45, 7) is 0. The lowest BCUT2D eigenvalue weighted by Crippen LogP contribution is -2.05. The van der Waals surface area contributed by atoms with Gasteiger partial charge in [0.2, 0.25) is 0 Å². The molecule has 0 spiro atoms. The topological polar surface area (TPSA) is 26.3 Å². The second-order valence-corrected chi connectivity index (χ2v) is 4.46. The first-order chi connectivity index (χ1) is 9.24. The van der Waals surface area contributed by atoms with Crippen LogP contribution >= 0.6 is 0 Å². The van der Waals surface area contributed by atoms with E-state index >= 15 is 0 Å². The van der Waals surface area contributed by atoms with Gasteiger partial charge in [0.15, 0.2) is 0 Å². The van der Waals surface area contributed by atoms with Crippen molar-refractivity contribution in [3.05, 3.63) is 59.7 Å². The molecule has 0 aliphatic carbocycles. The highest BCUT2D eigenvalue weighted by molar-refractivity contribution is 6.08. The number of ether oxygens (including phenoxy) is 1. The van der Waals surface area contributed by atoms with Gasteiger partial charge in [-0.3, -0.25) is 4.79 Å². The van der Waals surface area contributed by atoms with Crippen molar-refractivity contribution in [2.45, 2.75) is 12.7 Å². The molecule has 0 aromatic heterocycles. The van der Waals surface area contributed by atoms with E-state index in [-0.39, 0.29) is 5.97 Å². The average Bonchev–Trinajstić information content (AvgIpc) is 2.48. The number of benzene rings is 2. The van der Waals surface area contributed by atoms with Crippen LogP contribution in [-0.4, -0.2) is 20.9 Å². The van der Waals surface area contributed by atoms with E-state index in [2.05, 4.69) is 32.1 Å². The molecule has 0 aliphatic rings. The molecule has 19 heavy (non-hydrogen) atoms. The van der Waals surface area contributed by atoms with E-state index in [1.54, 1.807) is 0 Å². The first-order valence-corrected chi connectivity index (χ1v) is 6.48. The van der Waals surface area contributed by atoms with Crippen molar-refractivity contribution in [2.24, 2.45) is 0 Å². The minimum absolute atomic E-state index is 0.211. The van der Waals surface area contributed by atoms with Crippen LogP contribution in [0, 0.1) is 0 Å². The Hall–Kier alpha value is -2.03. The zero-order valence-corrected chi connectivity index (χ0v) is 11.3. The fourth-order valence-corrected chi connectivity index (χ4v) is 2.10. The Balaban J connectivity index is 2.35. The minimum Gasteiger partial charge on any atom is -0.469 e. The van der Waals surface area contributed by atoms with Crippen molar-refractivity contribution in [1.29, 1.82) is 0 Å². The second-order valence-electron chi connectivity index (χ2n) is 4.46. The van der Waals surface area contributed by atoms with E-state index in [0.717, 1.165) is 23.0 Å². The van der Waals surface area contributed by atoms with Crippen molar-refractivity contribution in [3.63, 3.8) is 0 Å². The van der Waals surface area contributed by atoms with Gasteiger partial charge in [-0.05, 0) is 16.7 Å². The van der Waals surface area contributed by atoms with Gasteiger partial charge >= 0.3 is 5.97 Å². The maximum absolute atomic E-state index is 11.4. The first-order valence-electron chi connectivity index (χ1n) is 6.48. The standard InChI is InChI=1S/C16H17BO2/c1-19-16(18)10-14-4-2-3-5-15(14)13-8-6-12(11-17)7-9-13/h2-9H,10-11,17H2,1H3. The summed E-state index contributed by atoms with van der Waals surface area (Å²) in [5.41, 5.74) is 4.54. The normalized spacial score (nSPS) is 10.2. The summed E-state index contributed by atoms with van der Waals surface area (Å²) in [7, 11) is 3.56. The van der Waals surface area contributed by atoms with E-state index in [1.165, 1.54) is 12.7 Å². The number of hydrogen-bond acceptors (Lipinski definition) is 2. The molecule has 0 fully saturated rings. The molecule has 2 aromatic rings. The molecule has 2 aromatic carbocycles. The van der Waals surface area contributed by atoms with Crippen molar-refractivity contribution in [2.75, 3.05) is 7.11 Å². The molecule has 0 N–H and O–H groups in total. The van der Waals surface area contributed by atoms with Gasteiger partial charge in [0.1, 0.15) is 7.85 Å². The summed E-state index contributed by atoms with van der Waals surface area (Å²) in [6.07, 6.45) is 1.34. The van der Waals surface area contributed by atoms with Crippen LogP contribution in [0.25, 0.3) is 11.1 Å². The summed E-state index contributed by atoms with van der Waals surface area (Å²) in [6, 6.07) is 16.4. The number of esters is 1. The monoisotopic (exact) mass is 252 g/mol. The molecule has 0 heterocycles. The minimum atomic E-state index is -0.211. The molecule has 0 unspecified atom stereocenters. The summed E-state index contributed by atoms with van der Waals surface area (Å²) < 4.78 is 4.74. The van der Waals surface area contributed by atoms with Gasteiger partial charge in [-0.1, -0.05) is 60.4 Å². The highest BCUT2D eigenvalue weighted by atomic mass is 16.5. The zero-order chi connectivity index (χ0) is 13.7. The summed E-state index contributed by atoms with van der Waals surface area (Å²) >= 11 is 0. The van der Waals surface area contributed by atoms with E-state index in [4.69, 9.17) is 4.74 Å². The molecule has 0 bridgehead atoms. The number of rotatable bonds is 4. The Labute approximate surface area is 114 Å². The van der Waals surface area contributed by atoms with Crippen molar-refractivity contribution < 1.29 is 9.53 Å². The summed E-state index contributed by atoms with van der Waals surface area (Å²) in [4.78, 5) is 11.4. The molecule has 2 nitrogen and oxygen atoms in total. The van der Waals surface area contributed by atoms with E-state index in [0.29, 0.717) is 6.42 Å². The van der Waals surface area contributed by atoms with Gasteiger partial charge < -0.3 is 4.74 Å². The van der Waals surface area contributed by atoms with Gasteiger partial charge in [-0.15, -0.1) is 0 Å². The third-order valence-corrected chi connectivity index (χ3v) is 3.25. The van der Waals surface area contributed by atoms with Crippen LogP contribution in [0.4, 0.5) is 0 Å². The molecule has 96 valence electrons. The lowest BCUT2D eigenvalue weighted by molar-refractivity contribution is -0.139. The largest absolute Gasteiger partial charge is 0.469 e. The van der Waals surface area contributed by atoms with Gasteiger partial charge in [0.25, 0.3) is 0 Å². The molecule has 0 radical (unpaired) electrons. The summed E-state index contributed by atoms with van der Waals surface area (Å²) in [5.74, 6) is -0.211. The Bertz CT molecular complexity index is 561. The van der Waals surface area contributed by atoms with Crippen LogP contribution in [0.1, 0.15) is 11.1 Å². The van der Waals surface area contributed by atoms with Crippen LogP contribution in [0.3, 0.4) is 0 Å². The third kappa shape index (κ3) is 3.25. The van der Waals surface area contributed by atoms with Crippen LogP contribution in [-0.2, 0) is 22.3 Å². The lowest BCUT2D eigenvalue weighted by atomic mass is 9.93. The molecule has 0 saturated heterocycles. The Morgan fingerprint density at radius 2 is 1.79 bits per heavy atom. The molecule has 2 rings (SSSR count). The van der Waals surface area contributed by atoms with Gasteiger partial charge in [0, 0.05) is 0 Å². The molecular formula is C16H17BO2. The number of hydrogen-bond donors (Lipinski definition) is 0. The number of carbonyl (C=O) groups is 1. The molecule has 0 atom stereocenters. The van der Waals surface area contributed by atoms with Gasteiger partial charge in [0.05, 0.1) is 13.5 Å². The zero-order valence-electron chi connectivity index (χ0n) is 11.3. The first kappa shape index (κ1) is 13.4. The van der Waals surface area contributed by atoms with Gasteiger partial charge in [-0.2, -0.15) is 0 Å². The molecule has 0 amide bonds. The Morgan fingerprint density at radius 1 is 1.11 bits per heavy atom. The fraction of sp³-hybridized carbons (Fsp3) is 0.188.